The quantitative estimate of drug-likeness (QED) is 0.830. The Bertz CT molecular complexity index is 307. The van der Waals surface area contributed by atoms with E-state index in [4.69, 9.17) is 0 Å². The predicted octanol–water partition coefficient (Wildman–Crippen LogP) is 1.93. The van der Waals surface area contributed by atoms with E-state index >= 15 is 0 Å². The van der Waals surface area contributed by atoms with Gasteiger partial charge in [0.1, 0.15) is 4.60 Å². The van der Waals surface area contributed by atoms with Crippen LogP contribution >= 0.6 is 15.9 Å². The fraction of sp³-hybridized carbons (Fsp3) is 0.583. The second kappa shape index (κ2) is 6.33. The highest BCUT2D eigenvalue weighted by molar-refractivity contribution is 9.10. The van der Waals surface area contributed by atoms with Crippen LogP contribution in [0.4, 0.5) is 0 Å². The molecule has 2 heterocycles. The SMILES string of the molecule is Brc1ccc(CNC[C@H]2CCCNC2)cn1. The highest BCUT2D eigenvalue weighted by atomic mass is 79.9. The second-order valence-electron chi connectivity index (χ2n) is 4.33. The number of rotatable bonds is 4. The Labute approximate surface area is 105 Å². The molecule has 0 saturated carbocycles. The fourth-order valence-corrected chi connectivity index (χ4v) is 2.26. The van der Waals surface area contributed by atoms with Gasteiger partial charge in [-0.1, -0.05) is 6.07 Å². The van der Waals surface area contributed by atoms with Crippen LogP contribution < -0.4 is 10.6 Å². The van der Waals surface area contributed by atoms with Crippen LogP contribution in [-0.4, -0.2) is 24.6 Å². The Kier molecular flexibility index (Phi) is 4.75. The van der Waals surface area contributed by atoms with E-state index in [-0.39, 0.29) is 0 Å². The van der Waals surface area contributed by atoms with Gasteiger partial charge in [-0.3, -0.25) is 0 Å². The Balaban J connectivity index is 1.69. The minimum atomic E-state index is 0.789. The molecule has 1 aliphatic rings. The van der Waals surface area contributed by atoms with E-state index < -0.39 is 0 Å². The third-order valence-electron chi connectivity index (χ3n) is 2.95. The molecule has 0 amide bonds. The van der Waals surface area contributed by atoms with Crippen molar-refractivity contribution >= 4 is 15.9 Å². The van der Waals surface area contributed by atoms with Crippen molar-refractivity contribution in [3.05, 3.63) is 28.5 Å². The zero-order chi connectivity index (χ0) is 11.2. The molecule has 0 radical (unpaired) electrons. The van der Waals surface area contributed by atoms with Crippen LogP contribution in [0.2, 0.25) is 0 Å². The van der Waals surface area contributed by atoms with Gasteiger partial charge in [-0.2, -0.15) is 0 Å². The van der Waals surface area contributed by atoms with Gasteiger partial charge >= 0.3 is 0 Å². The third-order valence-corrected chi connectivity index (χ3v) is 3.42. The number of nitrogens with one attached hydrogen (secondary N) is 2. The van der Waals surface area contributed by atoms with Gasteiger partial charge in [-0.05, 0) is 66.0 Å². The van der Waals surface area contributed by atoms with Crippen LogP contribution in [0.1, 0.15) is 18.4 Å². The molecule has 0 spiro atoms. The molecule has 3 nitrogen and oxygen atoms in total. The van der Waals surface area contributed by atoms with Crippen molar-refractivity contribution in [2.75, 3.05) is 19.6 Å². The van der Waals surface area contributed by atoms with E-state index in [9.17, 15) is 0 Å². The number of pyridine rings is 1. The van der Waals surface area contributed by atoms with Crippen molar-refractivity contribution in [1.82, 2.24) is 15.6 Å². The summed E-state index contributed by atoms with van der Waals surface area (Å²) in [5.74, 6) is 0.789. The molecule has 1 atom stereocenters. The van der Waals surface area contributed by atoms with Crippen LogP contribution in [0, 0.1) is 5.92 Å². The summed E-state index contributed by atoms with van der Waals surface area (Å²) in [6.45, 7) is 4.36. The van der Waals surface area contributed by atoms with Crippen LogP contribution in [0.25, 0.3) is 0 Å². The van der Waals surface area contributed by atoms with Gasteiger partial charge in [-0.15, -0.1) is 0 Å². The van der Waals surface area contributed by atoms with Crippen LogP contribution in [0.15, 0.2) is 22.9 Å². The standard InChI is InChI=1S/C12H18BrN3/c13-12-4-3-11(9-16-12)8-15-7-10-2-1-5-14-6-10/h3-4,9-10,14-15H,1-2,5-8H2/t10-/m0/s1. The molecule has 88 valence electrons. The van der Waals surface area contributed by atoms with E-state index in [0.29, 0.717) is 0 Å². The van der Waals surface area contributed by atoms with E-state index in [1.54, 1.807) is 0 Å². The Morgan fingerprint density at radius 3 is 3.12 bits per heavy atom. The molecule has 0 bridgehead atoms. The number of hydrogen-bond acceptors (Lipinski definition) is 3. The van der Waals surface area contributed by atoms with E-state index in [1.807, 2.05) is 12.3 Å². The first-order valence-corrected chi connectivity index (χ1v) is 6.66. The smallest absolute Gasteiger partial charge is 0.106 e. The molecule has 1 fully saturated rings. The van der Waals surface area contributed by atoms with E-state index in [0.717, 1.165) is 30.2 Å². The molecule has 0 unspecified atom stereocenters. The minimum absolute atomic E-state index is 0.789. The summed E-state index contributed by atoms with van der Waals surface area (Å²) in [5.41, 5.74) is 1.24. The van der Waals surface area contributed by atoms with Crippen molar-refractivity contribution in [2.45, 2.75) is 19.4 Å². The molecular formula is C12H18BrN3. The molecule has 1 saturated heterocycles. The third kappa shape index (κ3) is 3.85. The Morgan fingerprint density at radius 2 is 2.44 bits per heavy atom. The molecule has 1 aromatic heterocycles. The van der Waals surface area contributed by atoms with E-state index in [1.165, 1.54) is 24.9 Å². The first-order chi connectivity index (χ1) is 7.84. The minimum Gasteiger partial charge on any atom is -0.316 e. The number of hydrogen-bond donors (Lipinski definition) is 2. The summed E-state index contributed by atoms with van der Waals surface area (Å²) in [5, 5.41) is 6.93. The van der Waals surface area contributed by atoms with Gasteiger partial charge in [0.2, 0.25) is 0 Å². The molecule has 2 rings (SSSR count). The van der Waals surface area contributed by atoms with Gasteiger partial charge < -0.3 is 10.6 Å². The van der Waals surface area contributed by atoms with Crippen molar-refractivity contribution in [3.8, 4) is 0 Å². The summed E-state index contributed by atoms with van der Waals surface area (Å²) in [7, 11) is 0. The van der Waals surface area contributed by atoms with Crippen molar-refractivity contribution in [2.24, 2.45) is 5.92 Å². The van der Waals surface area contributed by atoms with E-state index in [2.05, 4.69) is 37.6 Å². The first-order valence-electron chi connectivity index (χ1n) is 5.86. The molecule has 16 heavy (non-hydrogen) atoms. The molecule has 0 aromatic carbocycles. The summed E-state index contributed by atoms with van der Waals surface area (Å²) in [4.78, 5) is 4.21. The molecule has 4 heteroatoms. The lowest BCUT2D eigenvalue weighted by atomic mass is 10.00. The fourth-order valence-electron chi connectivity index (χ4n) is 2.03. The van der Waals surface area contributed by atoms with Crippen molar-refractivity contribution in [1.29, 1.82) is 0 Å². The predicted molar refractivity (Wildman–Crippen MR) is 69.2 cm³/mol. The number of piperidine rings is 1. The molecular weight excluding hydrogens is 266 g/mol. The van der Waals surface area contributed by atoms with Gasteiger partial charge in [0.15, 0.2) is 0 Å². The lowest BCUT2D eigenvalue weighted by Crippen LogP contribution is -2.35. The van der Waals surface area contributed by atoms with Gasteiger partial charge in [0.25, 0.3) is 0 Å². The summed E-state index contributed by atoms with van der Waals surface area (Å²) < 4.78 is 0.896. The highest BCUT2D eigenvalue weighted by Crippen LogP contribution is 2.09. The first kappa shape index (κ1) is 12.0. The zero-order valence-electron chi connectivity index (χ0n) is 9.38. The van der Waals surface area contributed by atoms with Gasteiger partial charge in [0.05, 0.1) is 0 Å². The van der Waals surface area contributed by atoms with Crippen LogP contribution in [-0.2, 0) is 6.54 Å². The summed E-state index contributed by atoms with van der Waals surface area (Å²) in [6.07, 6.45) is 4.57. The van der Waals surface area contributed by atoms with Crippen LogP contribution in [0.3, 0.4) is 0 Å². The Morgan fingerprint density at radius 1 is 1.50 bits per heavy atom. The summed E-state index contributed by atoms with van der Waals surface area (Å²) >= 11 is 3.34. The maximum Gasteiger partial charge on any atom is 0.106 e. The number of aromatic nitrogens is 1. The molecule has 2 N–H and O–H groups in total. The molecule has 1 aliphatic heterocycles. The maximum absolute atomic E-state index is 4.21. The molecule has 0 aliphatic carbocycles. The van der Waals surface area contributed by atoms with Crippen LogP contribution in [0.5, 0.6) is 0 Å². The maximum atomic E-state index is 4.21. The lowest BCUT2D eigenvalue weighted by Gasteiger charge is -2.22. The average Bonchev–Trinajstić information content (AvgIpc) is 2.33. The number of nitrogens with zero attached hydrogens (tertiary/aromatic N) is 1. The average molecular weight is 284 g/mol. The summed E-state index contributed by atoms with van der Waals surface area (Å²) in [6, 6.07) is 4.09. The monoisotopic (exact) mass is 283 g/mol. The Hall–Kier alpha value is -0.450. The van der Waals surface area contributed by atoms with Gasteiger partial charge in [0, 0.05) is 12.7 Å². The number of halogens is 1. The van der Waals surface area contributed by atoms with Gasteiger partial charge in [-0.25, -0.2) is 4.98 Å². The highest BCUT2D eigenvalue weighted by Gasteiger charge is 2.11. The topological polar surface area (TPSA) is 37.0 Å². The van der Waals surface area contributed by atoms with Crippen molar-refractivity contribution in [3.63, 3.8) is 0 Å². The molecule has 1 aromatic rings. The normalized spacial score (nSPS) is 20.9. The zero-order valence-corrected chi connectivity index (χ0v) is 11.0. The second-order valence-corrected chi connectivity index (χ2v) is 5.14. The largest absolute Gasteiger partial charge is 0.316 e. The van der Waals surface area contributed by atoms with Crippen molar-refractivity contribution < 1.29 is 0 Å². The lowest BCUT2D eigenvalue weighted by molar-refractivity contribution is 0.360.